The summed E-state index contributed by atoms with van der Waals surface area (Å²) in [6.45, 7) is 3.08. The van der Waals surface area contributed by atoms with Crippen molar-refractivity contribution in [1.82, 2.24) is 9.88 Å². The zero-order valence-electron chi connectivity index (χ0n) is 17.7. The Balaban J connectivity index is 1.26. The Morgan fingerprint density at radius 2 is 1.97 bits per heavy atom. The molecule has 6 nitrogen and oxygen atoms in total. The van der Waals surface area contributed by atoms with Crippen LogP contribution in [-0.4, -0.2) is 47.9 Å². The van der Waals surface area contributed by atoms with Crippen molar-refractivity contribution < 1.29 is 14.0 Å². The van der Waals surface area contributed by atoms with Gasteiger partial charge in [-0.25, -0.2) is 4.39 Å². The number of anilines is 1. The Bertz CT molecular complexity index is 1250. The third-order valence-electron chi connectivity index (χ3n) is 6.49. The Labute approximate surface area is 185 Å². The summed E-state index contributed by atoms with van der Waals surface area (Å²) in [5.41, 5.74) is 11.0. The first-order chi connectivity index (χ1) is 15.5. The summed E-state index contributed by atoms with van der Waals surface area (Å²) in [4.78, 5) is 31.4. The van der Waals surface area contributed by atoms with Gasteiger partial charge in [0.15, 0.2) is 0 Å². The van der Waals surface area contributed by atoms with E-state index in [2.05, 4.69) is 16.0 Å². The molecule has 0 saturated carbocycles. The Hall–Kier alpha value is -3.45. The van der Waals surface area contributed by atoms with Gasteiger partial charge in [-0.05, 0) is 60.4 Å². The molecule has 2 amide bonds. The van der Waals surface area contributed by atoms with E-state index in [1.54, 1.807) is 12.1 Å². The zero-order valence-corrected chi connectivity index (χ0v) is 17.7. The largest absolute Gasteiger partial charge is 0.366 e. The maximum atomic E-state index is 13.5. The van der Waals surface area contributed by atoms with Gasteiger partial charge in [-0.15, -0.1) is 0 Å². The molecular weight excluding hydrogens is 407 g/mol. The zero-order chi connectivity index (χ0) is 22.2. The van der Waals surface area contributed by atoms with E-state index in [1.165, 1.54) is 17.7 Å². The number of primary amides is 1. The van der Waals surface area contributed by atoms with E-state index in [-0.39, 0.29) is 11.7 Å². The molecule has 5 rings (SSSR count). The van der Waals surface area contributed by atoms with Gasteiger partial charge in [0, 0.05) is 66.5 Å². The second-order valence-corrected chi connectivity index (χ2v) is 8.43. The number of carbonyl (C=O) groups is 2. The van der Waals surface area contributed by atoms with Crippen molar-refractivity contribution in [1.29, 1.82) is 0 Å². The van der Waals surface area contributed by atoms with Gasteiger partial charge in [-0.3, -0.25) is 14.5 Å². The van der Waals surface area contributed by atoms with Crippen LogP contribution < -0.4 is 10.6 Å². The van der Waals surface area contributed by atoms with Crippen LogP contribution >= 0.6 is 0 Å². The number of amides is 2. The standard InChI is InChI=1S/C25H25FN4O2/c26-19-3-4-20-21(15-28-22(20)14-19)16-7-9-29(10-8-16)11-12-30-23-5-1-18(25(27)32)13-17(23)2-6-24(30)31/h1,3-5,7,13-15,28H,2,6,8-12H2,(H2,27,32). The van der Waals surface area contributed by atoms with E-state index < -0.39 is 5.91 Å². The number of nitrogens with one attached hydrogen (secondary N) is 1. The summed E-state index contributed by atoms with van der Waals surface area (Å²) in [7, 11) is 0. The van der Waals surface area contributed by atoms with Gasteiger partial charge < -0.3 is 15.6 Å². The fourth-order valence-corrected chi connectivity index (χ4v) is 4.72. The van der Waals surface area contributed by atoms with Crippen LogP contribution in [-0.2, 0) is 11.2 Å². The van der Waals surface area contributed by atoms with Crippen LogP contribution in [0.1, 0.15) is 34.3 Å². The molecular formula is C25H25FN4O2. The van der Waals surface area contributed by atoms with Gasteiger partial charge >= 0.3 is 0 Å². The minimum absolute atomic E-state index is 0.114. The summed E-state index contributed by atoms with van der Waals surface area (Å²) in [6, 6.07) is 10.2. The summed E-state index contributed by atoms with van der Waals surface area (Å²) < 4.78 is 13.5. The van der Waals surface area contributed by atoms with Crippen molar-refractivity contribution in [3.05, 3.63) is 71.2 Å². The molecule has 0 saturated heterocycles. The van der Waals surface area contributed by atoms with Crippen LogP contribution in [0.2, 0.25) is 0 Å². The molecule has 3 heterocycles. The number of aromatic nitrogens is 1. The van der Waals surface area contributed by atoms with Crippen LogP contribution in [0.4, 0.5) is 10.1 Å². The second-order valence-electron chi connectivity index (χ2n) is 8.43. The number of benzene rings is 2. The highest BCUT2D eigenvalue weighted by atomic mass is 19.1. The molecule has 164 valence electrons. The molecule has 7 heteroatoms. The number of carbonyl (C=O) groups excluding carboxylic acids is 2. The fourth-order valence-electron chi connectivity index (χ4n) is 4.72. The van der Waals surface area contributed by atoms with Gasteiger partial charge in [0.2, 0.25) is 11.8 Å². The van der Waals surface area contributed by atoms with E-state index in [9.17, 15) is 14.0 Å². The molecule has 1 aromatic heterocycles. The number of hydrogen-bond donors (Lipinski definition) is 2. The molecule has 0 bridgehead atoms. The first-order valence-corrected chi connectivity index (χ1v) is 10.9. The number of nitrogens with zero attached hydrogens (tertiary/aromatic N) is 2. The number of rotatable bonds is 5. The molecule has 3 aromatic rings. The SMILES string of the molecule is NC(=O)c1ccc2c(c1)CCC(=O)N2CCN1CC=C(c2c[nH]c3cc(F)ccc23)CC1. The van der Waals surface area contributed by atoms with Crippen molar-refractivity contribution in [2.75, 3.05) is 31.1 Å². The maximum absolute atomic E-state index is 13.5. The van der Waals surface area contributed by atoms with Crippen LogP contribution in [0.3, 0.4) is 0 Å². The van der Waals surface area contributed by atoms with Crippen molar-refractivity contribution in [3.8, 4) is 0 Å². The lowest BCUT2D eigenvalue weighted by atomic mass is 9.98. The lowest BCUT2D eigenvalue weighted by Crippen LogP contribution is -2.42. The van der Waals surface area contributed by atoms with E-state index in [0.717, 1.165) is 53.8 Å². The van der Waals surface area contributed by atoms with Crippen LogP contribution in [0.5, 0.6) is 0 Å². The predicted molar refractivity (Wildman–Crippen MR) is 123 cm³/mol. The average molecular weight is 432 g/mol. The van der Waals surface area contributed by atoms with Crippen LogP contribution in [0.25, 0.3) is 16.5 Å². The summed E-state index contributed by atoms with van der Waals surface area (Å²) in [5, 5.41) is 1.04. The Morgan fingerprint density at radius 3 is 2.75 bits per heavy atom. The van der Waals surface area contributed by atoms with Crippen LogP contribution in [0.15, 0.2) is 48.7 Å². The molecule has 2 aromatic carbocycles. The lowest BCUT2D eigenvalue weighted by molar-refractivity contribution is -0.118. The minimum Gasteiger partial charge on any atom is -0.366 e. The Morgan fingerprint density at radius 1 is 1.09 bits per heavy atom. The third kappa shape index (κ3) is 3.80. The van der Waals surface area contributed by atoms with E-state index in [1.807, 2.05) is 23.2 Å². The number of H-pyrrole nitrogens is 1. The smallest absolute Gasteiger partial charge is 0.248 e. The van der Waals surface area contributed by atoms with Crippen LogP contribution in [0, 0.1) is 5.82 Å². The quantitative estimate of drug-likeness (QED) is 0.648. The lowest BCUT2D eigenvalue weighted by Gasteiger charge is -2.33. The molecule has 2 aliphatic heterocycles. The first kappa shape index (κ1) is 20.5. The molecule has 0 fully saturated rings. The highest BCUT2D eigenvalue weighted by molar-refractivity contribution is 5.99. The molecule has 0 spiro atoms. The molecule has 0 radical (unpaired) electrons. The highest BCUT2D eigenvalue weighted by Gasteiger charge is 2.25. The number of fused-ring (bicyclic) bond motifs is 2. The second kappa shape index (κ2) is 8.24. The van der Waals surface area contributed by atoms with E-state index in [4.69, 9.17) is 5.73 Å². The summed E-state index contributed by atoms with van der Waals surface area (Å²) >= 11 is 0. The van der Waals surface area contributed by atoms with Gasteiger partial charge in [-0.1, -0.05) is 6.08 Å². The number of aromatic amines is 1. The summed E-state index contributed by atoms with van der Waals surface area (Å²) in [6.07, 6.45) is 6.16. The molecule has 0 atom stereocenters. The maximum Gasteiger partial charge on any atom is 0.248 e. The molecule has 0 unspecified atom stereocenters. The topological polar surface area (TPSA) is 82.4 Å². The molecule has 0 aliphatic carbocycles. The van der Waals surface area contributed by atoms with Crippen molar-refractivity contribution in [2.24, 2.45) is 5.73 Å². The minimum atomic E-state index is -0.451. The van der Waals surface area contributed by atoms with Gasteiger partial charge in [-0.2, -0.15) is 0 Å². The number of hydrogen-bond acceptors (Lipinski definition) is 3. The number of halogens is 1. The van der Waals surface area contributed by atoms with Gasteiger partial charge in [0.25, 0.3) is 0 Å². The van der Waals surface area contributed by atoms with Crippen molar-refractivity contribution >= 4 is 34.0 Å². The summed E-state index contributed by atoms with van der Waals surface area (Å²) in [5.74, 6) is -0.578. The predicted octanol–water partition coefficient (Wildman–Crippen LogP) is 3.47. The van der Waals surface area contributed by atoms with E-state index >= 15 is 0 Å². The number of nitrogens with two attached hydrogens (primary N) is 1. The average Bonchev–Trinajstić information content (AvgIpc) is 3.21. The Kier molecular flexibility index (Phi) is 5.27. The van der Waals surface area contributed by atoms with E-state index in [0.29, 0.717) is 24.9 Å². The molecule has 2 aliphatic rings. The van der Waals surface area contributed by atoms with Crippen molar-refractivity contribution in [2.45, 2.75) is 19.3 Å². The molecule has 32 heavy (non-hydrogen) atoms. The number of aryl methyl sites for hydroxylation is 1. The first-order valence-electron chi connectivity index (χ1n) is 10.9. The van der Waals surface area contributed by atoms with Crippen molar-refractivity contribution in [3.63, 3.8) is 0 Å². The van der Waals surface area contributed by atoms with Gasteiger partial charge in [0.05, 0.1) is 0 Å². The fraction of sp³-hybridized carbons (Fsp3) is 0.280. The normalized spacial score (nSPS) is 16.8. The molecule has 3 N–H and O–H groups in total. The third-order valence-corrected chi connectivity index (χ3v) is 6.49. The van der Waals surface area contributed by atoms with Gasteiger partial charge in [0.1, 0.15) is 5.82 Å². The highest BCUT2D eigenvalue weighted by Crippen LogP contribution is 2.31. The monoisotopic (exact) mass is 432 g/mol.